The Labute approximate surface area is 116 Å². The molecule has 114 valence electrons. The monoisotopic (exact) mass is 310 g/mol. The standard InChI is InChI=1S/C12H17F3N2O2S/c1-8-3-4-10(12(13,14)15)7-11(8)20(18,19)17-6-5-9(2)16/h3-4,7,9,17H,5-6,16H2,1-2H3. The van der Waals surface area contributed by atoms with E-state index < -0.39 is 21.8 Å². The van der Waals surface area contributed by atoms with Gasteiger partial charge in [0.15, 0.2) is 0 Å². The van der Waals surface area contributed by atoms with Crippen molar-refractivity contribution in [2.24, 2.45) is 5.73 Å². The first-order valence-corrected chi connectivity index (χ1v) is 7.45. The van der Waals surface area contributed by atoms with Crippen LogP contribution in [0.4, 0.5) is 13.2 Å². The van der Waals surface area contributed by atoms with E-state index in [1.54, 1.807) is 6.92 Å². The number of halogens is 3. The van der Waals surface area contributed by atoms with Crippen molar-refractivity contribution in [1.29, 1.82) is 0 Å². The summed E-state index contributed by atoms with van der Waals surface area (Å²) in [4.78, 5) is -0.364. The van der Waals surface area contributed by atoms with Crippen LogP contribution in [0.25, 0.3) is 0 Å². The van der Waals surface area contributed by atoms with E-state index in [9.17, 15) is 21.6 Å². The van der Waals surface area contributed by atoms with Crippen molar-refractivity contribution in [3.05, 3.63) is 29.3 Å². The number of nitrogens with one attached hydrogen (secondary N) is 1. The molecule has 0 saturated carbocycles. The zero-order chi connectivity index (χ0) is 15.6. The van der Waals surface area contributed by atoms with Crippen LogP contribution in [0.2, 0.25) is 0 Å². The summed E-state index contributed by atoms with van der Waals surface area (Å²) in [5.41, 5.74) is 4.75. The van der Waals surface area contributed by atoms with E-state index in [4.69, 9.17) is 5.73 Å². The molecule has 0 aliphatic rings. The van der Waals surface area contributed by atoms with Crippen molar-refractivity contribution < 1.29 is 21.6 Å². The van der Waals surface area contributed by atoms with E-state index in [1.165, 1.54) is 6.92 Å². The maximum absolute atomic E-state index is 12.6. The Morgan fingerprint density at radius 2 is 1.95 bits per heavy atom. The quantitative estimate of drug-likeness (QED) is 0.874. The van der Waals surface area contributed by atoms with E-state index in [0.717, 1.165) is 12.1 Å². The fourth-order valence-corrected chi connectivity index (χ4v) is 2.88. The Balaban J connectivity index is 3.05. The first-order valence-electron chi connectivity index (χ1n) is 5.97. The summed E-state index contributed by atoms with van der Waals surface area (Å²) in [6.45, 7) is 3.24. The number of sulfonamides is 1. The molecule has 0 spiro atoms. The molecule has 0 bridgehead atoms. The predicted octanol–water partition coefficient (Wildman–Crippen LogP) is 2.03. The van der Waals surface area contributed by atoms with Crippen LogP contribution in [0.1, 0.15) is 24.5 Å². The van der Waals surface area contributed by atoms with Crippen molar-refractivity contribution in [2.45, 2.75) is 37.4 Å². The van der Waals surface area contributed by atoms with Gasteiger partial charge >= 0.3 is 6.18 Å². The van der Waals surface area contributed by atoms with Gasteiger partial charge in [0.05, 0.1) is 10.5 Å². The van der Waals surface area contributed by atoms with Gasteiger partial charge < -0.3 is 5.73 Å². The van der Waals surface area contributed by atoms with Gasteiger partial charge in [-0.15, -0.1) is 0 Å². The van der Waals surface area contributed by atoms with E-state index in [-0.39, 0.29) is 23.0 Å². The molecule has 1 aromatic carbocycles. The fraction of sp³-hybridized carbons (Fsp3) is 0.500. The maximum Gasteiger partial charge on any atom is 0.416 e. The molecule has 8 heteroatoms. The van der Waals surface area contributed by atoms with Gasteiger partial charge in [-0.1, -0.05) is 6.07 Å². The molecule has 0 radical (unpaired) electrons. The highest BCUT2D eigenvalue weighted by Gasteiger charge is 2.32. The molecular formula is C12H17F3N2O2S. The summed E-state index contributed by atoms with van der Waals surface area (Å²) >= 11 is 0. The molecule has 3 N–H and O–H groups in total. The molecule has 0 aliphatic heterocycles. The summed E-state index contributed by atoms with van der Waals surface area (Å²) < 4.78 is 64.1. The number of hydrogen-bond acceptors (Lipinski definition) is 3. The van der Waals surface area contributed by atoms with Crippen LogP contribution in [0, 0.1) is 6.92 Å². The van der Waals surface area contributed by atoms with E-state index in [2.05, 4.69) is 4.72 Å². The number of nitrogens with two attached hydrogens (primary N) is 1. The van der Waals surface area contributed by atoms with Crippen LogP contribution in [-0.4, -0.2) is 21.0 Å². The van der Waals surface area contributed by atoms with Crippen molar-refractivity contribution in [3.63, 3.8) is 0 Å². The SMILES string of the molecule is Cc1ccc(C(F)(F)F)cc1S(=O)(=O)NCCC(C)N. The van der Waals surface area contributed by atoms with Gasteiger partial charge in [0.2, 0.25) is 10.0 Å². The smallest absolute Gasteiger partial charge is 0.328 e. The lowest BCUT2D eigenvalue weighted by Crippen LogP contribution is -2.29. The summed E-state index contributed by atoms with van der Waals surface area (Å²) in [5, 5.41) is 0. The molecule has 1 unspecified atom stereocenters. The van der Waals surface area contributed by atoms with Crippen LogP contribution in [0.5, 0.6) is 0 Å². The number of benzene rings is 1. The van der Waals surface area contributed by atoms with Crippen LogP contribution in [0.3, 0.4) is 0 Å². The topological polar surface area (TPSA) is 72.2 Å². The molecular weight excluding hydrogens is 293 g/mol. The number of aryl methyl sites for hydroxylation is 1. The van der Waals surface area contributed by atoms with Gasteiger partial charge in [-0.3, -0.25) is 0 Å². The zero-order valence-corrected chi connectivity index (χ0v) is 12.0. The Morgan fingerprint density at radius 1 is 1.35 bits per heavy atom. The lowest BCUT2D eigenvalue weighted by atomic mass is 10.1. The van der Waals surface area contributed by atoms with E-state index in [1.807, 2.05) is 0 Å². The molecule has 4 nitrogen and oxygen atoms in total. The second-order valence-corrected chi connectivity index (χ2v) is 6.38. The van der Waals surface area contributed by atoms with Crippen LogP contribution >= 0.6 is 0 Å². The Kier molecular flexibility index (Phi) is 5.17. The average Bonchev–Trinajstić information content (AvgIpc) is 2.26. The van der Waals surface area contributed by atoms with Crippen molar-refractivity contribution in [1.82, 2.24) is 4.72 Å². The normalized spacial score (nSPS) is 14.3. The maximum atomic E-state index is 12.6. The predicted molar refractivity (Wildman–Crippen MR) is 69.6 cm³/mol. The molecule has 0 fully saturated rings. The molecule has 0 aliphatic carbocycles. The summed E-state index contributed by atoms with van der Waals surface area (Å²) in [6, 6.07) is 2.45. The van der Waals surface area contributed by atoms with Crippen LogP contribution in [0.15, 0.2) is 23.1 Å². The first-order chi connectivity index (χ1) is 9.04. The molecule has 0 heterocycles. The molecule has 0 amide bonds. The Morgan fingerprint density at radius 3 is 2.45 bits per heavy atom. The molecule has 1 aromatic rings. The average molecular weight is 310 g/mol. The van der Waals surface area contributed by atoms with Gasteiger partial charge in [-0.05, 0) is 38.0 Å². The highest BCUT2D eigenvalue weighted by atomic mass is 32.2. The first kappa shape index (κ1) is 16.9. The largest absolute Gasteiger partial charge is 0.416 e. The van der Waals surface area contributed by atoms with Crippen molar-refractivity contribution in [2.75, 3.05) is 6.54 Å². The minimum atomic E-state index is -4.58. The second kappa shape index (κ2) is 6.11. The zero-order valence-electron chi connectivity index (χ0n) is 11.2. The third-order valence-corrected chi connectivity index (χ3v) is 4.30. The number of rotatable bonds is 5. The van der Waals surface area contributed by atoms with Crippen molar-refractivity contribution in [3.8, 4) is 0 Å². The van der Waals surface area contributed by atoms with Gasteiger partial charge in [0.1, 0.15) is 0 Å². The minimum absolute atomic E-state index is 0.0791. The summed E-state index contributed by atoms with van der Waals surface area (Å²) in [6.07, 6.45) is -4.18. The van der Waals surface area contributed by atoms with Gasteiger partial charge in [-0.2, -0.15) is 13.2 Å². The van der Waals surface area contributed by atoms with Crippen LogP contribution < -0.4 is 10.5 Å². The van der Waals surface area contributed by atoms with Gasteiger partial charge in [-0.25, -0.2) is 13.1 Å². The van der Waals surface area contributed by atoms with Gasteiger partial charge in [0, 0.05) is 12.6 Å². The van der Waals surface area contributed by atoms with Crippen LogP contribution in [-0.2, 0) is 16.2 Å². The summed E-state index contributed by atoms with van der Waals surface area (Å²) in [5.74, 6) is 0. The minimum Gasteiger partial charge on any atom is -0.328 e. The van der Waals surface area contributed by atoms with Gasteiger partial charge in [0.25, 0.3) is 0 Å². The summed E-state index contributed by atoms with van der Waals surface area (Å²) in [7, 11) is -3.97. The lowest BCUT2D eigenvalue weighted by molar-refractivity contribution is -0.137. The third-order valence-electron chi connectivity index (χ3n) is 2.70. The lowest BCUT2D eigenvalue weighted by Gasteiger charge is -2.13. The number of alkyl halides is 3. The molecule has 0 saturated heterocycles. The second-order valence-electron chi connectivity index (χ2n) is 4.64. The highest BCUT2D eigenvalue weighted by Crippen LogP contribution is 2.31. The Bertz CT molecular complexity index is 569. The fourth-order valence-electron chi connectivity index (χ4n) is 1.56. The number of hydrogen-bond donors (Lipinski definition) is 2. The van der Waals surface area contributed by atoms with E-state index in [0.29, 0.717) is 12.5 Å². The molecule has 20 heavy (non-hydrogen) atoms. The molecule has 1 atom stereocenters. The molecule has 0 aromatic heterocycles. The molecule has 1 rings (SSSR count). The third kappa shape index (κ3) is 4.46. The highest BCUT2D eigenvalue weighted by molar-refractivity contribution is 7.89. The van der Waals surface area contributed by atoms with Crippen molar-refractivity contribution >= 4 is 10.0 Å². The van der Waals surface area contributed by atoms with E-state index >= 15 is 0 Å². The Hall–Kier alpha value is -1.12.